The molecule has 1 aliphatic carbocycles. The van der Waals surface area contributed by atoms with E-state index in [-0.39, 0.29) is 29.3 Å². The Kier molecular flexibility index (Phi) is 6.48. The zero-order valence-corrected chi connectivity index (χ0v) is 17.8. The van der Waals surface area contributed by atoms with Crippen LogP contribution in [-0.2, 0) is 17.1 Å². The lowest BCUT2D eigenvalue weighted by Gasteiger charge is -2.41. The van der Waals surface area contributed by atoms with Crippen LogP contribution in [0.2, 0.25) is 0 Å². The molecule has 2 aromatic carbocycles. The van der Waals surface area contributed by atoms with E-state index in [4.69, 9.17) is 4.74 Å². The zero-order valence-electron chi connectivity index (χ0n) is 17.8. The number of nitrogens with one attached hydrogen (secondary N) is 1. The van der Waals surface area contributed by atoms with Gasteiger partial charge in [0.25, 0.3) is 0 Å². The molecule has 2 aliphatic rings. The van der Waals surface area contributed by atoms with Crippen LogP contribution in [0, 0.1) is 17.7 Å². The average Bonchev–Trinajstić information content (AvgIpc) is 3.21. The third-order valence-electron chi connectivity index (χ3n) is 6.79. The molecule has 4 rings (SSSR count). The molecule has 1 aliphatic heterocycles. The minimum atomic E-state index is -4.92. The molecular formula is C24H24F7NO. The highest BCUT2D eigenvalue weighted by Crippen LogP contribution is 2.46. The third-order valence-corrected chi connectivity index (χ3v) is 6.79. The maximum absolute atomic E-state index is 13.5. The monoisotopic (exact) mass is 475 g/mol. The van der Waals surface area contributed by atoms with Gasteiger partial charge in [-0.3, -0.25) is 0 Å². The second-order valence-electron chi connectivity index (χ2n) is 8.89. The fourth-order valence-electron chi connectivity index (χ4n) is 5.18. The van der Waals surface area contributed by atoms with Crippen LogP contribution in [0.25, 0.3) is 0 Å². The van der Waals surface area contributed by atoms with Crippen LogP contribution in [0.4, 0.5) is 30.7 Å². The lowest BCUT2D eigenvalue weighted by Crippen LogP contribution is -2.38. The number of hydrogen-bond acceptors (Lipinski definition) is 2. The summed E-state index contributed by atoms with van der Waals surface area (Å²) in [5, 5.41) is 3.35. The fraction of sp³-hybridized carbons (Fsp3) is 0.500. The van der Waals surface area contributed by atoms with Gasteiger partial charge in [0, 0.05) is 5.92 Å². The topological polar surface area (TPSA) is 21.3 Å². The summed E-state index contributed by atoms with van der Waals surface area (Å²) >= 11 is 0. The van der Waals surface area contributed by atoms with Crippen LogP contribution in [-0.4, -0.2) is 19.2 Å². The Hall–Kier alpha value is -2.13. The van der Waals surface area contributed by atoms with Crippen molar-refractivity contribution in [2.45, 2.75) is 50.2 Å². The number of benzene rings is 2. The molecule has 0 radical (unpaired) electrons. The summed E-state index contributed by atoms with van der Waals surface area (Å²) in [6.45, 7) is 3.03. The van der Waals surface area contributed by atoms with Crippen molar-refractivity contribution in [3.05, 3.63) is 70.5 Å². The summed E-state index contributed by atoms with van der Waals surface area (Å²) in [6, 6.07) is 7.61. The first-order valence-electron chi connectivity index (χ1n) is 10.8. The zero-order chi connectivity index (χ0) is 24.0. The average molecular weight is 475 g/mol. The minimum Gasteiger partial charge on any atom is -0.370 e. The van der Waals surface area contributed by atoms with Crippen LogP contribution in [0.5, 0.6) is 0 Å². The molecular weight excluding hydrogens is 451 g/mol. The molecule has 1 saturated heterocycles. The van der Waals surface area contributed by atoms with Crippen molar-refractivity contribution in [1.29, 1.82) is 0 Å². The van der Waals surface area contributed by atoms with Crippen molar-refractivity contribution in [3.8, 4) is 0 Å². The molecule has 0 bridgehead atoms. The van der Waals surface area contributed by atoms with Crippen molar-refractivity contribution >= 4 is 0 Å². The lowest BCUT2D eigenvalue weighted by atomic mass is 9.69. The van der Waals surface area contributed by atoms with E-state index in [1.165, 1.54) is 19.1 Å². The highest BCUT2D eigenvalue weighted by atomic mass is 19.4. The summed E-state index contributed by atoms with van der Waals surface area (Å²) in [5.74, 6) is 0.0501. The predicted octanol–water partition coefficient (Wildman–Crippen LogP) is 6.72. The number of rotatable bonds is 4. The summed E-state index contributed by atoms with van der Waals surface area (Å²) in [6.07, 6.45) is -9.80. The Bertz CT molecular complexity index is 938. The first kappa shape index (κ1) is 24.0. The molecule has 180 valence electrons. The first-order chi connectivity index (χ1) is 15.4. The van der Waals surface area contributed by atoms with E-state index in [2.05, 4.69) is 5.32 Å². The van der Waals surface area contributed by atoms with Gasteiger partial charge in [0.1, 0.15) is 5.82 Å². The van der Waals surface area contributed by atoms with Gasteiger partial charge < -0.3 is 10.1 Å². The molecule has 2 fully saturated rings. The van der Waals surface area contributed by atoms with Gasteiger partial charge in [0.05, 0.1) is 23.3 Å². The molecule has 5 atom stereocenters. The van der Waals surface area contributed by atoms with Crippen molar-refractivity contribution in [2.75, 3.05) is 13.1 Å². The van der Waals surface area contributed by atoms with Gasteiger partial charge in [-0.1, -0.05) is 12.1 Å². The normalized spacial score (nSPS) is 26.8. The maximum Gasteiger partial charge on any atom is 0.416 e. The predicted molar refractivity (Wildman–Crippen MR) is 108 cm³/mol. The van der Waals surface area contributed by atoms with Gasteiger partial charge in [-0.05, 0) is 86.1 Å². The second-order valence-corrected chi connectivity index (χ2v) is 8.89. The molecule has 2 nitrogen and oxygen atoms in total. The molecule has 0 amide bonds. The Morgan fingerprint density at radius 1 is 0.879 bits per heavy atom. The highest BCUT2D eigenvalue weighted by Gasteiger charge is 2.44. The molecule has 1 heterocycles. The molecule has 1 saturated carbocycles. The lowest BCUT2D eigenvalue weighted by molar-refractivity contribution is -0.143. The SMILES string of the molecule is C[C@@H](O[C@H]1CCC2CNC[C@H]2[C@@H]1c1ccc(F)cc1)c1cc(C(F)(F)F)cc(C(F)(F)F)c1. The number of hydrogen-bond donors (Lipinski definition) is 1. The van der Waals surface area contributed by atoms with Gasteiger partial charge in [0.15, 0.2) is 0 Å². The Morgan fingerprint density at radius 2 is 1.48 bits per heavy atom. The quantitative estimate of drug-likeness (QED) is 0.496. The van der Waals surface area contributed by atoms with Crippen molar-refractivity contribution < 1.29 is 35.5 Å². The molecule has 2 aromatic rings. The first-order valence-corrected chi connectivity index (χ1v) is 10.8. The van der Waals surface area contributed by atoms with Crippen molar-refractivity contribution in [3.63, 3.8) is 0 Å². The van der Waals surface area contributed by atoms with Gasteiger partial charge in [0.2, 0.25) is 0 Å². The molecule has 9 heteroatoms. The molecule has 0 aromatic heterocycles. The molecule has 0 spiro atoms. The molecule has 1 N–H and O–H groups in total. The van der Waals surface area contributed by atoms with Gasteiger partial charge in [-0.15, -0.1) is 0 Å². The summed E-state index contributed by atoms with van der Waals surface area (Å²) in [7, 11) is 0. The third kappa shape index (κ3) is 5.19. The van der Waals surface area contributed by atoms with Gasteiger partial charge in [-0.25, -0.2) is 4.39 Å². The molecule has 33 heavy (non-hydrogen) atoms. The number of fused-ring (bicyclic) bond motifs is 1. The maximum atomic E-state index is 13.5. The van der Waals surface area contributed by atoms with E-state index in [1.54, 1.807) is 12.1 Å². The van der Waals surface area contributed by atoms with Crippen molar-refractivity contribution in [1.82, 2.24) is 5.32 Å². The fourth-order valence-corrected chi connectivity index (χ4v) is 5.18. The summed E-state index contributed by atoms with van der Waals surface area (Å²) < 4.78 is 99.3. The van der Waals surface area contributed by atoms with Crippen LogP contribution in [0.15, 0.2) is 42.5 Å². The summed E-state index contributed by atoms with van der Waals surface area (Å²) in [5.41, 5.74) is -2.04. The van der Waals surface area contributed by atoms with E-state index < -0.39 is 35.7 Å². The highest BCUT2D eigenvalue weighted by molar-refractivity contribution is 5.35. The van der Waals surface area contributed by atoms with Crippen LogP contribution < -0.4 is 5.32 Å². The number of alkyl halides is 6. The summed E-state index contributed by atoms with van der Waals surface area (Å²) in [4.78, 5) is 0. The molecule has 1 unspecified atom stereocenters. The van der Waals surface area contributed by atoms with Crippen LogP contribution in [0.3, 0.4) is 0 Å². The van der Waals surface area contributed by atoms with E-state index in [9.17, 15) is 30.7 Å². The minimum absolute atomic E-state index is 0.118. The van der Waals surface area contributed by atoms with Gasteiger partial charge >= 0.3 is 12.4 Å². The largest absolute Gasteiger partial charge is 0.416 e. The van der Waals surface area contributed by atoms with Crippen LogP contribution in [0.1, 0.15) is 54.0 Å². The standard InChI is InChI=1S/C24H24F7NO/c1-13(16-8-17(23(26,27)28)10-18(9-16)24(29,30)31)33-21-7-4-15-11-32-12-20(15)22(21)14-2-5-19(25)6-3-14/h2-3,5-6,8-10,13,15,20-22,32H,4,7,11-12H2,1H3/t13-,15?,20-,21+,22+/m1/s1. The van der Waals surface area contributed by atoms with Gasteiger partial charge in [-0.2, -0.15) is 26.3 Å². The van der Waals surface area contributed by atoms with E-state index in [1.807, 2.05) is 0 Å². The Labute approximate surface area is 187 Å². The van der Waals surface area contributed by atoms with E-state index in [0.717, 1.165) is 37.2 Å². The van der Waals surface area contributed by atoms with Crippen molar-refractivity contribution in [2.24, 2.45) is 11.8 Å². The number of halogens is 7. The van der Waals surface area contributed by atoms with E-state index in [0.29, 0.717) is 12.3 Å². The van der Waals surface area contributed by atoms with Crippen LogP contribution >= 0.6 is 0 Å². The second kappa shape index (κ2) is 8.91. The Morgan fingerprint density at radius 3 is 2.06 bits per heavy atom. The van der Waals surface area contributed by atoms with E-state index >= 15 is 0 Å². The number of ether oxygens (including phenoxy) is 1. The smallest absolute Gasteiger partial charge is 0.370 e. The Balaban J connectivity index is 1.65.